The van der Waals surface area contributed by atoms with Crippen LogP contribution in [0.3, 0.4) is 0 Å². The van der Waals surface area contributed by atoms with Crippen LogP contribution < -0.4 is 9.62 Å². The van der Waals surface area contributed by atoms with Crippen LogP contribution in [0.15, 0.2) is 54.6 Å². The van der Waals surface area contributed by atoms with Gasteiger partial charge in [-0.1, -0.05) is 44.2 Å². The number of benzene rings is 2. The fraction of sp³-hybridized carbons (Fsp3) is 0.381. The van der Waals surface area contributed by atoms with Gasteiger partial charge in [0.2, 0.25) is 15.9 Å². The summed E-state index contributed by atoms with van der Waals surface area (Å²) in [6, 6.07) is 17.2. The van der Waals surface area contributed by atoms with Gasteiger partial charge in [-0.2, -0.15) is 0 Å². The molecule has 3 rings (SSSR count). The highest BCUT2D eigenvalue weighted by atomic mass is 32.2. The lowest BCUT2D eigenvalue weighted by Gasteiger charge is -2.25. The fourth-order valence-corrected chi connectivity index (χ4v) is 4.89. The van der Waals surface area contributed by atoms with Crippen molar-refractivity contribution in [2.45, 2.75) is 38.5 Å². The number of nitrogens with zero attached hydrogens (tertiary/aromatic N) is 1. The highest BCUT2D eigenvalue weighted by Gasteiger charge is 2.28. The predicted molar refractivity (Wildman–Crippen MR) is 110 cm³/mol. The Morgan fingerprint density at radius 2 is 1.74 bits per heavy atom. The van der Waals surface area contributed by atoms with E-state index in [-0.39, 0.29) is 17.1 Å². The summed E-state index contributed by atoms with van der Waals surface area (Å²) in [6.45, 7) is 4.80. The normalized spacial score (nSPS) is 16.3. The van der Waals surface area contributed by atoms with Gasteiger partial charge in [0.15, 0.2) is 0 Å². The molecule has 1 amide bonds. The van der Waals surface area contributed by atoms with Gasteiger partial charge in [0, 0.05) is 18.7 Å². The number of hydrogen-bond donors (Lipinski definition) is 1. The topological polar surface area (TPSA) is 66.5 Å². The highest BCUT2D eigenvalue weighted by molar-refractivity contribution is 7.93. The van der Waals surface area contributed by atoms with Gasteiger partial charge in [0.25, 0.3) is 0 Å². The Labute approximate surface area is 161 Å². The zero-order chi connectivity index (χ0) is 19.5. The number of carbonyl (C=O) groups is 1. The van der Waals surface area contributed by atoms with E-state index in [4.69, 9.17) is 0 Å². The third kappa shape index (κ3) is 4.69. The average Bonchev–Trinajstić information content (AvgIpc) is 3.01. The molecule has 0 unspecified atom stereocenters. The lowest BCUT2D eigenvalue weighted by molar-refractivity contribution is -0.116. The zero-order valence-corrected chi connectivity index (χ0v) is 16.6. The molecule has 5 nitrogen and oxygen atoms in total. The second-order valence-corrected chi connectivity index (χ2v) is 9.60. The lowest BCUT2D eigenvalue weighted by atomic mass is 9.80. The maximum Gasteiger partial charge on any atom is 0.235 e. The van der Waals surface area contributed by atoms with Crippen molar-refractivity contribution in [1.29, 1.82) is 0 Å². The largest absolute Gasteiger partial charge is 0.326 e. The maximum absolute atomic E-state index is 12.3. The summed E-state index contributed by atoms with van der Waals surface area (Å²) in [5.74, 6) is 0.156. The lowest BCUT2D eigenvalue weighted by Crippen LogP contribution is -2.25. The van der Waals surface area contributed by atoms with Crippen LogP contribution in [-0.2, 0) is 20.2 Å². The van der Waals surface area contributed by atoms with Crippen molar-refractivity contribution in [3.8, 4) is 0 Å². The summed E-state index contributed by atoms with van der Waals surface area (Å²) in [5.41, 5.74) is 2.47. The molecular weight excluding hydrogens is 360 g/mol. The second kappa shape index (κ2) is 7.72. The molecule has 2 aromatic rings. The third-order valence-corrected chi connectivity index (χ3v) is 6.94. The van der Waals surface area contributed by atoms with E-state index in [0.29, 0.717) is 30.8 Å². The Morgan fingerprint density at radius 3 is 2.33 bits per heavy atom. The van der Waals surface area contributed by atoms with Crippen molar-refractivity contribution in [3.05, 3.63) is 60.2 Å². The van der Waals surface area contributed by atoms with Crippen molar-refractivity contribution < 1.29 is 13.2 Å². The number of sulfonamides is 1. The molecule has 0 bridgehead atoms. The number of anilines is 2. The molecule has 0 aliphatic carbocycles. The van der Waals surface area contributed by atoms with E-state index in [9.17, 15) is 13.2 Å². The van der Waals surface area contributed by atoms with Crippen LogP contribution in [0, 0.1) is 0 Å². The quantitative estimate of drug-likeness (QED) is 0.818. The number of carbonyl (C=O) groups excluding carboxylic acids is 1. The van der Waals surface area contributed by atoms with Crippen molar-refractivity contribution in [3.63, 3.8) is 0 Å². The van der Waals surface area contributed by atoms with E-state index < -0.39 is 10.0 Å². The van der Waals surface area contributed by atoms with E-state index in [0.717, 1.165) is 6.42 Å². The molecule has 1 N–H and O–H groups in total. The SMILES string of the molecule is CC(C)(CCC(=O)Nc1ccc(N2CCCS2(=O)=O)cc1)c1ccccc1. The van der Waals surface area contributed by atoms with E-state index in [1.54, 1.807) is 24.3 Å². The average molecular weight is 387 g/mol. The summed E-state index contributed by atoms with van der Waals surface area (Å²) in [5, 5.41) is 2.90. The summed E-state index contributed by atoms with van der Waals surface area (Å²) >= 11 is 0. The maximum atomic E-state index is 12.3. The molecule has 1 aliphatic rings. The Morgan fingerprint density at radius 1 is 1.07 bits per heavy atom. The molecule has 0 atom stereocenters. The molecule has 0 aromatic heterocycles. The summed E-state index contributed by atoms with van der Waals surface area (Å²) < 4.78 is 25.4. The first-order chi connectivity index (χ1) is 12.8. The molecule has 144 valence electrons. The monoisotopic (exact) mass is 386 g/mol. The van der Waals surface area contributed by atoms with Gasteiger partial charge in [-0.25, -0.2) is 8.42 Å². The van der Waals surface area contributed by atoms with E-state index in [2.05, 4.69) is 31.3 Å². The Balaban J connectivity index is 1.57. The molecule has 2 aromatic carbocycles. The number of hydrogen-bond acceptors (Lipinski definition) is 3. The molecule has 1 fully saturated rings. The summed E-state index contributed by atoms with van der Waals surface area (Å²) in [7, 11) is -3.18. The van der Waals surface area contributed by atoms with E-state index in [1.165, 1.54) is 9.87 Å². The Hall–Kier alpha value is -2.34. The van der Waals surface area contributed by atoms with Gasteiger partial charge in [-0.3, -0.25) is 9.10 Å². The van der Waals surface area contributed by atoms with Crippen LogP contribution in [0.25, 0.3) is 0 Å². The minimum atomic E-state index is -3.18. The Kier molecular flexibility index (Phi) is 5.56. The molecule has 1 aliphatic heterocycles. The van der Waals surface area contributed by atoms with E-state index >= 15 is 0 Å². The van der Waals surface area contributed by atoms with Crippen molar-refractivity contribution in [1.82, 2.24) is 0 Å². The third-order valence-electron chi connectivity index (χ3n) is 5.07. The highest BCUT2D eigenvalue weighted by Crippen LogP contribution is 2.29. The molecule has 0 radical (unpaired) electrons. The number of nitrogens with one attached hydrogen (secondary N) is 1. The van der Waals surface area contributed by atoms with Crippen LogP contribution in [0.2, 0.25) is 0 Å². The van der Waals surface area contributed by atoms with Crippen molar-refractivity contribution in [2.24, 2.45) is 0 Å². The first-order valence-electron chi connectivity index (χ1n) is 9.24. The van der Waals surface area contributed by atoms with Crippen LogP contribution in [0.5, 0.6) is 0 Å². The molecule has 1 heterocycles. The van der Waals surface area contributed by atoms with Crippen LogP contribution in [0.1, 0.15) is 38.7 Å². The molecule has 1 saturated heterocycles. The zero-order valence-electron chi connectivity index (χ0n) is 15.8. The fourth-order valence-electron chi connectivity index (χ4n) is 3.32. The van der Waals surface area contributed by atoms with Gasteiger partial charge in [0.1, 0.15) is 0 Å². The van der Waals surface area contributed by atoms with Crippen LogP contribution >= 0.6 is 0 Å². The minimum absolute atomic E-state index is 0.0412. The van der Waals surface area contributed by atoms with Gasteiger partial charge >= 0.3 is 0 Å². The number of rotatable bonds is 6. The standard InChI is InChI=1S/C21H26N2O3S/c1-21(2,17-7-4-3-5-8-17)14-13-20(24)22-18-9-11-19(12-10-18)23-15-6-16-27(23,25)26/h3-5,7-12H,6,13-16H2,1-2H3,(H,22,24). The smallest absolute Gasteiger partial charge is 0.235 e. The molecule has 27 heavy (non-hydrogen) atoms. The van der Waals surface area contributed by atoms with Gasteiger partial charge in [-0.05, 0) is 48.1 Å². The van der Waals surface area contributed by atoms with Crippen LogP contribution in [-0.4, -0.2) is 26.6 Å². The second-order valence-electron chi connectivity index (χ2n) is 7.59. The molecule has 0 spiro atoms. The van der Waals surface area contributed by atoms with Gasteiger partial charge in [0.05, 0.1) is 11.4 Å². The van der Waals surface area contributed by atoms with E-state index in [1.807, 2.05) is 18.2 Å². The summed E-state index contributed by atoms with van der Waals surface area (Å²) in [4.78, 5) is 12.3. The molecule has 6 heteroatoms. The predicted octanol–water partition coefficient (Wildman–Crippen LogP) is 3.92. The minimum Gasteiger partial charge on any atom is -0.326 e. The van der Waals surface area contributed by atoms with Gasteiger partial charge < -0.3 is 5.32 Å². The Bertz CT molecular complexity index is 891. The first-order valence-corrected chi connectivity index (χ1v) is 10.8. The van der Waals surface area contributed by atoms with Crippen molar-refractivity contribution >= 4 is 27.3 Å². The first kappa shape index (κ1) is 19.4. The number of amides is 1. The van der Waals surface area contributed by atoms with Crippen molar-refractivity contribution in [2.75, 3.05) is 21.9 Å². The molecule has 0 saturated carbocycles. The summed E-state index contributed by atoms with van der Waals surface area (Å²) in [6.07, 6.45) is 1.81. The van der Waals surface area contributed by atoms with Gasteiger partial charge in [-0.15, -0.1) is 0 Å². The molecular formula is C21H26N2O3S. The van der Waals surface area contributed by atoms with Crippen LogP contribution in [0.4, 0.5) is 11.4 Å².